The average Bonchev–Trinajstić information content (AvgIpc) is 2.62. The minimum atomic E-state index is -4.58. The summed E-state index contributed by atoms with van der Waals surface area (Å²) in [6.07, 6.45) is -4.58. The van der Waals surface area contributed by atoms with Crippen molar-refractivity contribution in [3.63, 3.8) is 0 Å². The van der Waals surface area contributed by atoms with E-state index in [1.54, 1.807) is 0 Å². The van der Waals surface area contributed by atoms with Gasteiger partial charge in [0.1, 0.15) is 0 Å². The van der Waals surface area contributed by atoms with Gasteiger partial charge in [0.2, 0.25) is 0 Å². The third-order valence-corrected chi connectivity index (χ3v) is 3.73. The topological polar surface area (TPSA) is 32.3 Å². The van der Waals surface area contributed by atoms with Gasteiger partial charge in [-0.2, -0.15) is 13.2 Å². The largest absolute Gasteiger partial charge is 0.417 e. The number of carbonyl (C=O) groups excluding carboxylic acids is 1. The molecule has 0 aromatic heterocycles. The van der Waals surface area contributed by atoms with Crippen molar-refractivity contribution in [1.29, 1.82) is 0 Å². The molecule has 0 bridgehead atoms. The van der Waals surface area contributed by atoms with Crippen molar-refractivity contribution in [2.24, 2.45) is 0 Å². The molecule has 2 aliphatic rings. The second kappa shape index (κ2) is 4.11. The molecule has 1 amide bonds. The van der Waals surface area contributed by atoms with Crippen molar-refractivity contribution in [3.8, 4) is 0 Å². The lowest BCUT2D eigenvalue weighted by Gasteiger charge is -2.30. The number of carbonyl (C=O) groups is 1. The lowest BCUT2D eigenvalue weighted by molar-refractivity contribution is -0.137. The van der Waals surface area contributed by atoms with Gasteiger partial charge in [-0.15, -0.1) is 0 Å². The number of benzene rings is 1. The summed E-state index contributed by atoms with van der Waals surface area (Å²) in [6, 6.07) is 1.93. The Balaban J connectivity index is 2.21. The fourth-order valence-corrected chi connectivity index (χ4v) is 2.95. The molecule has 2 aliphatic heterocycles. The molecule has 7 heteroatoms. The van der Waals surface area contributed by atoms with E-state index >= 15 is 0 Å². The number of nitrogens with zero attached hydrogens (tertiary/aromatic N) is 1. The van der Waals surface area contributed by atoms with Crippen molar-refractivity contribution in [2.45, 2.75) is 12.2 Å². The molecule has 0 saturated carbocycles. The van der Waals surface area contributed by atoms with Crippen LogP contribution in [0, 0.1) is 0 Å². The van der Waals surface area contributed by atoms with E-state index in [-0.39, 0.29) is 16.6 Å². The molecule has 102 valence electrons. The van der Waals surface area contributed by atoms with E-state index in [0.717, 1.165) is 6.07 Å². The zero-order valence-corrected chi connectivity index (χ0v) is 10.5. The summed E-state index contributed by atoms with van der Waals surface area (Å²) in [5.74, 6) is -0.550. The number of nitrogens with one attached hydrogen (secondary N) is 1. The number of hydrogen-bond acceptors (Lipinski definition) is 2. The number of amides is 1. The standard InChI is InChI=1S/C12H10ClF3N2O/c13-6-3-7-9-5-17-1-2-18(9)11(19)10(7)8(4-6)12(14,15)16/h3-4,9,17H,1-2,5H2/t9-/m1/s1. The smallest absolute Gasteiger partial charge is 0.329 e. The summed E-state index contributed by atoms with van der Waals surface area (Å²) in [5.41, 5.74) is -0.808. The summed E-state index contributed by atoms with van der Waals surface area (Å²) in [6.45, 7) is 1.45. The second-order valence-corrected chi connectivity index (χ2v) is 5.07. The van der Waals surface area contributed by atoms with Crippen LogP contribution in [0.3, 0.4) is 0 Å². The van der Waals surface area contributed by atoms with Gasteiger partial charge in [0.05, 0.1) is 17.2 Å². The van der Waals surface area contributed by atoms with Gasteiger partial charge in [0.25, 0.3) is 5.91 Å². The van der Waals surface area contributed by atoms with Gasteiger partial charge in [-0.05, 0) is 17.7 Å². The van der Waals surface area contributed by atoms with Gasteiger partial charge in [-0.3, -0.25) is 4.79 Å². The van der Waals surface area contributed by atoms with Crippen molar-refractivity contribution in [1.82, 2.24) is 10.2 Å². The molecule has 2 heterocycles. The van der Waals surface area contributed by atoms with Crippen LogP contribution in [0.2, 0.25) is 5.02 Å². The molecule has 3 rings (SSSR count). The maximum atomic E-state index is 13.0. The molecule has 1 saturated heterocycles. The first-order chi connectivity index (χ1) is 8.89. The van der Waals surface area contributed by atoms with Crippen molar-refractivity contribution in [3.05, 3.63) is 33.8 Å². The van der Waals surface area contributed by atoms with E-state index in [2.05, 4.69) is 5.32 Å². The van der Waals surface area contributed by atoms with E-state index < -0.39 is 17.6 Å². The molecule has 19 heavy (non-hydrogen) atoms. The van der Waals surface area contributed by atoms with Gasteiger partial charge in [0, 0.05) is 24.7 Å². The van der Waals surface area contributed by atoms with E-state index in [9.17, 15) is 18.0 Å². The Morgan fingerprint density at radius 3 is 2.79 bits per heavy atom. The van der Waals surface area contributed by atoms with Crippen LogP contribution < -0.4 is 5.32 Å². The quantitative estimate of drug-likeness (QED) is 0.796. The van der Waals surface area contributed by atoms with Crippen LogP contribution in [-0.4, -0.2) is 30.4 Å². The summed E-state index contributed by atoms with van der Waals surface area (Å²) in [7, 11) is 0. The van der Waals surface area contributed by atoms with Crippen LogP contribution in [0.1, 0.15) is 27.5 Å². The summed E-state index contributed by atoms with van der Waals surface area (Å²) in [5, 5.41) is 3.08. The Morgan fingerprint density at radius 2 is 2.11 bits per heavy atom. The van der Waals surface area contributed by atoms with E-state index in [4.69, 9.17) is 11.6 Å². The van der Waals surface area contributed by atoms with Gasteiger partial charge >= 0.3 is 6.18 Å². The minimum absolute atomic E-state index is 0.00583. The molecule has 1 aromatic carbocycles. The highest BCUT2D eigenvalue weighted by atomic mass is 35.5. The van der Waals surface area contributed by atoms with Crippen LogP contribution in [0.4, 0.5) is 13.2 Å². The zero-order valence-electron chi connectivity index (χ0n) is 9.72. The van der Waals surface area contributed by atoms with Gasteiger partial charge in [-0.1, -0.05) is 11.6 Å². The third-order valence-electron chi connectivity index (χ3n) is 3.52. The number of halogens is 4. The number of hydrogen-bond donors (Lipinski definition) is 1. The molecule has 1 atom stereocenters. The van der Waals surface area contributed by atoms with E-state index in [1.807, 2.05) is 0 Å². The van der Waals surface area contributed by atoms with Gasteiger partial charge in [0.15, 0.2) is 0 Å². The molecule has 1 fully saturated rings. The number of alkyl halides is 3. The molecule has 0 aliphatic carbocycles. The molecule has 0 spiro atoms. The number of piperazine rings is 1. The molecule has 3 nitrogen and oxygen atoms in total. The van der Waals surface area contributed by atoms with Crippen molar-refractivity contribution >= 4 is 17.5 Å². The summed E-state index contributed by atoms with van der Waals surface area (Å²) in [4.78, 5) is 13.6. The van der Waals surface area contributed by atoms with E-state index in [0.29, 0.717) is 25.2 Å². The Hall–Kier alpha value is -1.27. The van der Waals surface area contributed by atoms with Gasteiger partial charge in [-0.25, -0.2) is 0 Å². The fraction of sp³-hybridized carbons (Fsp3) is 0.417. The fourth-order valence-electron chi connectivity index (χ4n) is 2.72. The average molecular weight is 291 g/mol. The molecular weight excluding hydrogens is 281 g/mol. The predicted octanol–water partition coefficient (Wildman–Crippen LogP) is 2.46. The highest BCUT2D eigenvalue weighted by molar-refractivity contribution is 6.31. The summed E-state index contributed by atoms with van der Waals surface area (Å²) >= 11 is 5.76. The number of rotatable bonds is 0. The van der Waals surface area contributed by atoms with Crippen LogP contribution in [0.25, 0.3) is 0 Å². The highest BCUT2D eigenvalue weighted by Gasteiger charge is 2.45. The lowest BCUT2D eigenvalue weighted by atomic mass is 9.98. The normalized spacial score (nSPS) is 22.4. The molecule has 0 unspecified atom stereocenters. The maximum absolute atomic E-state index is 13.0. The minimum Gasteiger partial charge on any atom is -0.329 e. The first-order valence-electron chi connectivity index (χ1n) is 5.82. The molecule has 1 aromatic rings. The Labute approximate surface area is 112 Å². The van der Waals surface area contributed by atoms with Crippen LogP contribution in [0.5, 0.6) is 0 Å². The Bertz CT molecular complexity index is 559. The van der Waals surface area contributed by atoms with Gasteiger partial charge < -0.3 is 10.2 Å². The second-order valence-electron chi connectivity index (χ2n) is 4.63. The first kappa shape index (κ1) is 12.7. The third kappa shape index (κ3) is 1.90. The van der Waals surface area contributed by atoms with Crippen LogP contribution >= 0.6 is 11.6 Å². The zero-order chi connectivity index (χ0) is 13.8. The predicted molar refractivity (Wildman–Crippen MR) is 63.1 cm³/mol. The number of fused-ring (bicyclic) bond motifs is 3. The van der Waals surface area contributed by atoms with Crippen LogP contribution in [-0.2, 0) is 6.18 Å². The lowest BCUT2D eigenvalue weighted by Crippen LogP contribution is -2.44. The van der Waals surface area contributed by atoms with E-state index in [1.165, 1.54) is 11.0 Å². The van der Waals surface area contributed by atoms with Crippen LogP contribution in [0.15, 0.2) is 12.1 Å². The molecule has 0 radical (unpaired) electrons. The Kier molecular flexibility index (Phi) is 2.76. The maximum Gasteiger partial charge on any atom is 0.417 e. The molecule has 1 N–H and O–H groups in total. The first-order valence-corrected chi connectivity index (χ1v) is 6.19. The summed E-state index contributed by atoms with van der Waals surface area (Å²) < 4.78 is 39.1. The van der Waals surface area contributed by atoms with Crippen molar-refractivity contribution in [2.75, 3.05) is 19.6 Å². The highest BCUT2D eigenvalue weighted by Crippen LogP contribution is 2.43. The monoisotopic (exact) mass is 290 g/mol. The van der Waals surface area contributed by atoms with Crippen molar-refractivity contribution < 1.29 is 18.0 Å². The SMILES string of the molecule is O=C1c2c(cc(Cl)cc2C(F)(F)F)[C@H]2CNCCN12. The molecular formula is C12H10ClF3N2O. The Morgan fingerprint density at radius 1 is 1.37 bits per heavy atom.